The second-order valence-corrected chi connectivity index (χ2v) is 3.68. The van der Waals surface area contributed by atoms with Crippen molar-refractivity contribution in [2.45, 2.75) is 6.92 Å². The Labute approximate surface area is 88.1 Å². The lowest BCUT2D eigenvalue weighted by molar-refractivity contribution is 0.701. The van der Waals surface area contributed by atoms with Crippen molar-refractivity contribution in [3.63, 3.8) is 0 Å². The molecule has 0 aliphatic carbocycles. The van der Waals surface area contributed by atoms with E-state index in [9.17, 15) is 4.79 Å². The van der Waals surface area contributed by atoms with E-state index < -0.39 is 0 Å². The smallest absolute Gasteiger partial charge is 0.270 e. The van der Waals surface area contributed by atoms with E-state index in [1.807, 2.05) is 49.0 Å². The fourth-order valence-electron chi connectivity index (χ4n) is 1.70. The lowest BCUT2D eigenvalue weighted by Crippen LogP contribution is -2.27. The average Bonchev–Trinajstić information content (AvgIpc) is 2.17. The molecule has 4 nitrogen and oxygen atoms in total. The normalized spacial score (nSPS) is 10.6. The van der Waals surface area contributed by atoms with Crippen LogP contribution in [0.15, 0.2) is 29.2 Å². The van der Waals surface area contributed by atoms with E-state index >= 15 is 0 Å². The van der Waals surface area contributed by atoms with Crippen LogP contribution in [0.1, 0.15) is 5.69 Å². The summed E-state index contributed by atoms with van der Waals surface area (Å²) in [5.41, 5.74) is 2.64. The Morgan fingerprint density at radius 1 is 1.27 bits per heavy atom. The minimum Gasteiger partial charge on any atom is -0.319 e. The summed E-state index contributed by atoms with van der Waals surface area (Å²) in [6, 6.07) is 5.17. The summed E-state index contributed by atoms with van der Waals surface area (Å²) in [4.78, 5) is 15.0. The molecule has 15 heavy (non-hydrogen) atoms. The lowest BCUT2D eigenvalue weighted by Gasteiger charge is -2.22. The first-order valence-corrected chi connectivity index (χ1v) is 4.76. The van der Waals surface area contributed by atoms with Crippen LogP contribution in [0, 0.1) is 6.92 Å². The van der Waals surface area contributed by atoms with Gasteiger partial charge in [-0.05, 0) is 19.1 Å². The van der Waals surface area contributed by atoms with Crippen LogP contribution in [-0.4, -0.2) is 23.8 Å². The molecular weight excluding hydrogens is 190 g/mol. The van der Waals surface area contributed by atoms with Crippen molar-refractivity contribution in [2.24, 2.45) is 0 Å². The van der Waals surface area contributed by atoms with Crippen molar-refractivity contribution < 1.29 is 0 Å². The molecule has 0 fully saturated rings. The monoisotopic (exact) mass is 203 g/mol. The summed E-state index contributed by atoms with van der Waals surface area (Å²) in [5, 5.41) is 1.97. The minimum atomic E-state index is -0.190. The van der Waals surface area contributed by atoms with Crippen molar-refractivity contribution in [1.29, 1.82) is 0 Å². The maximum atomic E-state index is 11.1. The van der Waals surface area contributed by atoms with E-state index in [4.69, 9.17) is 0 Å². The van der Waals surface area contributed by atoms with Gasteiger partial charge in [0.15, 0.2) is 0 Å². The highest BCUT2D eigenvalue weighted by molar-refractivity contribution is 5.62. The Bertz CT molecular complexity index is 516. The largest absolute Gasteiger partial charge is 0.319 e. The molecule has 2 aliphatic heterocycles. The predicted molar refractivity (Wildman–Crippen MR) is 59.9 cm³/mol. The van der Waals surface area contributed by atoms with Gasteiger partial charge in [-0.1, -0.05) is 0 Å². The summed E-state index contributed by atoms with van der Waals surface area (Å²) in [5.74, 6) is 0. The van der Waals surface area contributed by atoms with E-state index in [0.717, 1.165) is 17.0 Å². The van der Waals surface area contributed by atoms with Gasteiger partial charge in [0.05, 0.1) is 5.69 Å². The van der Waals surface area contributed by atoms with Gasteiger partial charge in [0.2, 0.25) is 0 Å². The molecule has 0 amide bonds. The molecule has 0 radical (unpaired) electrons. The lowest BCUT2D eigenvalue weighted by atomic mass is 10.1. The minimum absolute atomic E-state index is 0.190. The third-order valence-corrected chi connectivity index (χ3v) is 2.44. The molecule has 0 aromatic rings. The molecule has 2 aliphatic rings. The van der Waals surface area contributed by atoms with Crippen LogP contribution in [0.25, 0.3) is 11.3 Å². The molecule has 2 heterocycles. The molecule has 0 atom stereocenters. The van der Waals surface area contributed by atoms with Crippen LogP contribution >= 0.6 is 0 Å². The molecule has 0 saturated carbocycles. The zero-order valence-electron chi connectivity index (χ0n) is 9.06. The Balaban J connectivity index is 2.75. The second-order valence-electron chi connectivity index (χ2n) is 3.68. The van der Waals surface area contributed by atoms with E-state index in [1.165, 1.54) is 6.07 Å². The van der Waals surface area contributed by atoms with E-state index in [-0.39, 0.29) is 5.56 Å². The van der Waals surface area contributed by atoms with Crippen LogP contribution in [-0.2, 0) is 0 Å². The van der Waals surface area contributed by atoms with Crippen molar-refractivity contribution in [3.8, 4) is 11.3 Å². The summed E-state index contributed by atoms with van der Waals surface area (Å²) in [6.45, 7) is 2.01. The van der Waals surface area contributed by atoms with E-state index in [0.29, 0.717) is 0 Å². The van der Waals surface area contributed by atoms with Crippen LogP contribution in [0.4, 0.5) is 0 Å². The van der Waals surface area contributed by atoms with Crippen molar-refractivity contribution in [2.75, 3.05) is 19.1 Å². The highest BCUT2D eigenvalue weighted by atomic mass is 16.1. The Kier molecular flexibility index (Phi) is 2.19. The highest BCUT2D eigenvalue weighted by Crippen LogP contribution is 2.20. The van der Waals surface area contributed by atoms with Crippen LogP contribution in [0.2, 0.25) is 0 Å². The second kappa shape index (κ2) is 3.38. The van der Waals surface area contributed by atoms with Gasteiger partial charge in [-0.3, -0.25) is 9.47 Å². The Morgan fingerprint density at radius 2 is 2.00 bits per heavy atom. The summed E-state index contributed by atoms with van der Waals surface area (Å²) in [6.07, 6.45) is 1.91. The average molecular weight is 203 g/mol. The highest BCUT2D eigenvalue weighted by Gasteiger charge is 2.09. The molecule has 0 spiro atoms. The first kappa shape index (κ1) is 9.71. The number of rotatable bonds is 1. The molecule has 0 bridgehead atoms. The summed E-state index contributed by atoms with van der Waals surface area (Å²) >= 11 is 0. The van der Waals surface area contributed by atoms with Gasteiger partial charge in [0.25, 0.3) is 5.56 Å². The molecule has 0 unspecified atom stereocenters. The van der Waals surface area contributed by atoms with E-state index in [2.05, 4.69) is 4.98 Å². The third kappa shape index (κ3) is 1.58. The topological polar surface area (TPSA) is 38.1 Å². The van der Waals surface area contributed by atoms with Crippen molar-refractivity contribution >= 4 is 0 Å². The molecule has 2 rings (SSSR count). The number of aromatic nitrogens is 2. The van der Waals surface area contributed by atoms with Crippen molar-refractivity contribution in [1.82, 2.24) is 9.66 Å². The Morgan fingerprint density at radius 3 is 2.67 bits per heavy atom. The Hall–Kier alpha value is -1.84. The molecule has 0 aromatic heterocycles. The molecule has 0 saturated heterocycles. The quantitative estimate of drug-likeness (QED) is 0.689. The van der Waals surface area contributed by atoms with Crippen LogP contribution in [0.5, 0.6) is 0 Å². The van der Waals surface area contributed by atoms with E-state index in [1.54, 1.807) is 0 Å². The summed E-state index contributed by atoms with van der Waals surface area (Å²) < 4.78 is 2.01. The van der Waals surface area contributed by atoms with Gasteiger partial charge < -0.3 is 5.01 Å². The van der Waals surface area contributed by atoms with Crippen molar-refractivity contribution in [3.05, 3.63) is 40.4 Å². The zero-order valence-corrected chi connectivity index (χ0v) is 9.06. The van der Waals surface area contributed by atoms with Gasteiger partial charge >= 0.3 is 0 Å². The fraction of sp³-hybridized carbons (Fsp3) is 0.273. The number of hydrogen-bond acceptors (Lipinski definition) is 3. The van der Waals surface area contributed by atoms with Gasteiger partial charge in [-0.2, -0.15) is 0 Å². The molecule has 0 N–H and O–H groups in total. The maximum absolute atomic E-state index is 11.1. The SMILES string of the molecule is Cc1c2ccc(=O)nc-2ccn1N(C)C. The van der Waals surface area contributed by atoms with Gasteiger partial charge in [0, 0.05) is 37.6 Å². The van der Waals surface area contributed by atoms with Crippen LogP contribution < -0.4 is 10.6 Å². The molecule has 4 heteroatoms. The molecule has 0 aromatic carbocycles. The predicted octanol–water partition coefficient (Wildman–Crippen LogP) is 0.854. The van der Waals surface area contributed by atoms with Gasteiger partial charge in [-0.15, -0.1) is 0 Å². The van der Waals surface area contributed by atoms with Gasteiger partial charge in [0.1, 0.15) is 0 Å². The van der Waals surface area contributed by atoms with Gasteiger partial charge in [-0.25, -0.2) is 4.98 Å². The molecule has 78 valence electrons. The first-order valence-electron chi connectivity index (χ1n) is 4.76. The number of fused-ring (bicyclic) bond motifs is 1. The first-order chi connectivity index (χ1) is 7.09. The number of pyridine rings is 2. The number of nitrogens with zero attached hydrogens (tertiary/aromatic N) is 3. The summed E-state index contributed by atoms with van der Waals surface area (Å²) in [7, 11) is 3.93. The maximum Gasteiger partial charge on any atom is 0.270 e. The van der Waals surface area contributed by atoms with Crippen LogP contribution in [0.3, 0.4) is 0 Å². The fourth-order valence-corrected chi connectivity index (χ4v) is 1.70. The standard InChI is InChI=1S/C11H13N3O/c1-8-9-4-5-11(15)12-10(9)6-7-14(8)13(2)3/h4-7H,1-3H3. The third-order valence-electron chi connectivity index (χ3n) is 2.44. The number of hydrogen-bond donors (Lipinski definition) is 0. The molecular formula is C11H13N3O. The zero-order chi connectivity index (χ0) is 11.0.